The molecule has 1 aromatic carbocycles. The first kappa shape index (κ1) is 15.9. The van der Waals surface area contributed by atoms with E-state index in [0.29, 0.717) is 36.9 Å². The summed E-state index contributed by atoms with van der Waals surface area (Å²) in [6, 6.07) is 3.77. The maximum Gasteiger partial charge on any atom is 0.241 e. The number of aryl methyl sites for hydroxylation is 1. The van der Waals surface area contributed by atoms with Crippen LogP contribution in [0.1, 0.15) is 18.4 Å². The Labute approximate surface area is 126 Å². The molecule has 0 amide bonds. The van der Waals surface area contributed by atoms with Gasteiger partial charge in [0.25, 0.3) is 0 Å². The number of halogens is 2. The van der Waals surface area contributed by atoms with E-state index in [2.05, 4.69) is 20.7 Å². The summed E-state index contributed by atoms with van der Waals surface area (Å²) in [5, 5.41) is 0.497. The van der Waals surface area contributed by atoms with Crippen molar-refractivity contribution in [2.75, 3.05) is 18.5 Å². The molecule has 0 aliphatic carbocycles. The van der Waals surface area contributed by atoms with Crippen LogP contribution < -0.4 is 4.72 Å². The number of hydrogen-bond acceptors (Lipinski definition) is 3. The van der Waals surface area contributed by atoms with Crippen molar-refractivity contribution < 1.29 is 17.5 Å². The Bertz CT molecular complexity index is 585. The van der Waals surface area contributed by atoms with Crippen molar-refractivity contribution in [3.8, 4) is 0 Å². The normalized spacial score (nSPS) is 18.9. The van der Waals surface area contributed by atoms with Crippen LogP contribution in [0.25, 0.3) is 0 Å². The molecule has 2 rings (SSSR count). The molecule has 1 aliphatic heterocycles. The van der Waals surface area contributed by atoms with Crippen molar-refractivity contribution in [1.82, 2.24) is 4.72 Å². The molecule has 20 heavy (non-hydrogen) atoms. The fourth-order valence-electron chi connectivity index (χ4n) is 2.23. The van der Waals surface area contributed by atoms with Gasteiger partial charge >= 0.3 is 0 Å². The Kier molecular flexibility index (Phi) is 4.84. The Morgan fingerprint density at radius 2 is 2.05 bits per heavy atom. The van der Waals surface area contributed by atoms with E-state index in [1.807, 2.05) is 0 Å². The number of sulfonamides is 1. The van der Waals surface area contributed by atoms with Gasteiger partial charge in [0.2, 0.25) is 10.0 Å². The molecule has 4 nitrogen and oxygen atoms in total. The number of nitrogens with one attached hydrogen (secondary N) is 1. The van der Waals surface area contributed by atoms with Crippen molar-refractivity contribution in [2.24, 2.45) is 0 Å². The van der Waals surface area contributed by atoms with Gasteiger partial charge in [-0.05, 0) is 37.5 Å². The van der Waals surface area contributed by atoms with Crippen molar-refractivity contribution in [3.05, 3.63) is 29.6 Å². The molecule has 1 aliphatic rings. The second-order valence-corrected chi connectivity index (χ2v) is 7.25. The average Bonchev–Trinajstić information content (AvgIpc) is 2.42. The van der Waals surface area contributed by atoms with Gasteiger partial charge in [0.05, 0.1) is 4.90 Å². The maximum atomic E-state index is 13.3. The van der Waals surface area contributed by atoms with E-state index >= 15 is 0 Å². The first-order chi connectivity index (χ1) is 9.38. The highest BCUT2D eigenvalue weighted by Gasteiger charge is 2.36. The minimum atomic E-state index is -3.76. The summed E-state index contributed by atoms with van der Waals surface area (Å²) in [6.45, 7) is 2.67. The van der Waals surface area contributed by atoms with Gasteiger partial charge in [0, 0.05) is 24.1 Å². The summed E-state index contributed by atoms with van der Waals surface area (Å²) in [4.78, 5) is -0.00989. The fraction of sp³-hybridized carbons (Fsp3) is 0.538. The highest BCUT2D eigenvalue weighted by atomic mass is 79.9. The second-order valence-electron chi connectivity index (χ2n) is 5.04. The molecule has 0 saturated carbocycles. The Balaban J connectivity index is 2.32. The highest BCUT2D eigenvalue weighted by Crippen LogP contribution is 2.26. The Morgan fingerprint density at radius 1 is 1.40 bits per heavy atom. The molecular formula is C13H17BrFNO3S. The van der Waals surface area contributed by atoms with E-state index in [4.69, 9.17) is 4.74 Å². The minimum absolute atomic E-state index is 0.00989. The third kappa shape index (κ3) is 3.39. The minimum Gasteiger partial charge on any atom is -0.381 e. The van der Waals surface area contributed by atoms with E-state index < -0.39 is 21.4 Å². The first-order valence-electron chi connectivity index (χ1n) is 6.32. The van der Waals surface area contributed by atoms with Gasteiger partial charge in [-0.3, -0.25) is 0 Å². The molecule has 1 N–H and O–H groups in total. The largest absolute Gasteiger partial charge is 0.381 e. The van der Waals surface area contributed by atoms with Gasteiger partial charge in [0.15, 0.2) is 0 Å². The van der Waals surface area contributed by atoms with E-state index in [1.165, 1.54) is 12.1 Å². The number of benzene rings is 1. The van der Waals surface area contributed by atoms with Crippen molar-refractivity contribution in [3.63, 3.8) is 0 Å². The molecule has 0 bridgehead atoms. The van der Waals surface area contributed by atoms with Crippen LogP contribution in [0.4, 0.5) is 4.39 Å². The molecule has 1 fully saturated rings. The Morgan fingerprint density at radius 3 is 2.65 bits per heavy atom. The van der Waals surface area contributed by atoms with E-state index in [-0.39, 0.29) is 4.90 Å². The number of alkyl halides is 1. The van der Waals surface area contributed by atoms with Crippen molar-refractivity contribution >= 4 is 26.0 Å². The molecule has 0 radical (unpaired) electrons. The predicted molar refractivity (Wildman–Crippen MR) is 78.0 cm³/mol. The first-order valence-corrected chi connectivity index (χ1v) is 8.93. The molecule has 0 atom stereocenters. The lowest BCUT2D eigenvalue weighted by Gasteiger charge is -2.36. The lowest BCUT2D eigenvalue weighted by molar-refractivity contribution is 0.0557. The van der Waals surface area contributed by atoms with E-state index in [1.54, 1.807) is 6.92 Å². The van der Waals surface area contributed by atoms with Gasteiger partial charge in [-0.15, -0.1) is 0 Å². The van der Waals surface area contributed by atoms with Gasteiger partial charge in [0.1, 0.15) is 5.82 Å². The van der Waals surface area contributed by atoms with Crippen LogP contribution in [0.15, 0.2) is 23.1 Å². The van der Waals surface area contributed by atoms with Crippen molar-refractivity contribution in [1.29, 1.82) is 0 Å². The molecular weight excluding hydrogens is 349 g/mol. The summed E-state index contributed by atoms with van der Waals surface area (Å²) >= 11 is 3.37. The smallest absolute Gasteiger partial charge is 0.241 e. The summed E-state index contributed by atoms with van der Waals surface area (Å²) in [5.41, 5.74) is -0.0498. The lowest BCUT2D eigenvalue weighted by Crippen LogP contribution is -2.53. The molecule has 1 aromatic rings. The second kappa shape index (κ2) is 6.09. The summed E-state index contributed by atoms with van der Waals surface area (Å²) in [5.74, 6) is -0.559. The monoisotopic (exact) mass is 365 g/mol. The number of rotatable bonds is 4. The zero-order valence-corrected chi connectivity index (χ0v) is 13.6. The Hall–Kier alpha value is -0.500. The number of hydrogen-bond donors (Lipinski definition) is 1. The average molecular weight is 366 g/mol. The van der Waals surface area contributed by atoms with Crippen LogP contribution in [-0.2, 0) is 14.8 Å². The van der Waals surface area contributed by atoms with Gasteiger partial charge < -0.3 is 4.74 Å². The molecule has 112 valence electrons. The van der Waals surface area contributed by atoms with Crippen molar-refractivity contribution in [2.45, 2.75) is 30.2 Å². The third-order valence-electron chi connectivity index (χ3n) is 3.50. The van der Waals surface area contributed by atoms with Crippen LogP contribution in [-0.4, -0.2) is 32.5 Å². The molecule has 0 unspecified atom stereocenters. The maximum absolute atomic E-state index is 13.3. The van der Waals surface area contributed by atoms with Crippen LogP contribution >= 0.6 is 15.9 Å². The summed E-state index contributed by atoms with van der Waals surface area (Å²) in [7, 11) is -3.76. The van der Waals surface area contributed by atoms with Crippen LogP contribution in [0.3, 0.4) is 0 Å². The topological polar surface area (TPSA) is 55.4 Å². The fourth-order valence-corrected chi connectivity index (χ4v) is 4.83. The standard InChI is InChI=1S/C13H17BrFNO3S/c1-10-2-3-11(15)8-12(10)20(17,18)16-13(9-14)4-6-19-7-5-13/h2-3,8,16H,4-7,9H2,1H3. The quantitative estimate of drug-likeness (QED) is 0.833. The van der Waals surface area contributed by atoms with Gasteiger partial charge in [-0.25, -0.2) is 17.5 Å². The van der Waals surface area contributed by atoms with Gasteiger partial charge in [-0.2, -0.15) is 0 Å². The SMILES string of the molecule is Cc1ccc(F)cc1S(=O)(=O)NC1(CBr)CCOCC1. The zero-order chi connectivity index (χ0) is 14.8. The zero-order valence-electron chi connectivity index (χ0n) is 11.2. The predicted octanol–water partition coefficient (Wildman–Crippen LogP) is 2.36. The third-order valence-corrected chi connectivity index (χ3v) is 6.29. The van der Waals surface area contributed by atoms with E-state index in [9.17, 15) is 12.8 Å². The lowest BCUT2D eigenvalue weighted by atomic mass is 9.94. The highest BCUT2D eigenvalue weighted by molar-refractivity contribution is 9.09. The van der Waals surface area contributed by atoms with Crippen LogP contribution in [0, 0.1) is 12.7 Å². The molecule has 1 heterocycles. The van der Waals surface area contributed by atoms with Gasteiger partial charge in [-0.1, -0.05) is 22.0 Å². The van der Waals surface area contributed by atoms with Crippen LogP contribution in [0.2, 0.25) is 0 Å². The summed E-state index contributed by atoms with van der Waals surface area (Å²) < 4.78 is 46.3. The number of ether oxygens (including phenoxy) is 1. The van der Waals surface area contributed by atoms with Crippen LogP contribution in [0.5, 0.6) is 0 Å². The van der Waals surface area contributed by atoms with E-state index in [0.717, 1.165) is 6.07 Å². The summed E-state index contributed by atoms with van der Waals surface area (Å²) in [6.07, 6.45) is 1.18. The molecule has 7 heteroatoms. The molecule has 0 spiro atoms. The molecule has 0 aromatic heterocycles. The molecule has 1 saturated heterocycles.